The number of halogens is 2. The highest BCUT2D eigenvalue weighted by Gasteiger charge is 2.26. The lowest BCUT2D eigenvalue weighted by atomic mass is 10.0. The number of benzene rings is 2. The molecule has 0 saturated heterocycles. The van der Waals surface area contributed by atoms with Gasteiger partial charge in [0.15, 0.2) is 0 Å². The highest BCUT2D eigenvalue weighted by molar-refractivity contribution is 9.10. The molecular formula is C17H15BrFNO2S. The molecule has 0 atom stereocenters. The SMILES string of the molecule is O=S(=O)(c1ccc(Br)cc1)N1CC=C(c2ccc(F)cc2)CC1. The molecule has 23 heavy (non-hydrogen) atoms. The Bertz CT molecular complexity index is 830. The summed E-state index contributed by atoms with van der Waals surface area (Å²) < 4.78 is 40.5. The molecule has 0 N–H and O–H groups in total. The van der Waals surface area contributed by atoms with Crippen molar-refractivity contribution in [3.63, 3.8) is 0 Å². The van der Waals surface area contributed by atoms with Crippen molar-refractivity contribution in [2.75, 3.05) is 13.1 Å². The van der Waals surface area contributed by atoms with Gasteiger partial charge in [-0.25, -0.2) is 12.8 Å². The van der Waals surface area contributed by atoms with Crippen LogP contribution in [-0.2, 0) is 10.0 Å². The van der Waals surface area contributed by atoms with E-state index >= 15 is 0 Å². The fourth-order valence-corrected chi connectivity index (χ4v) is 4.20. The van der Waals surface area contributed by atoms with Gasteiger partial charge in [0.25, 0.3) is 0 Å². The van der Waals surface area contributed by atoms with Crippen LogP contribution in [0.3, 0.4) is 0 Å². The predicted molar refractivity (Wildman–Crippen MR) is 91.9 cm³/mol. The van der Waals surface area contributed by atoms with E-state index in [1.54, 1.807) is 36.4 Å². The number of sulfonamides is 1. The standard InChI is InChI=1S/C17H15BrFNO2S/c18-15-3-7-17(8-4-15)23(21,22)20-11-9-14(10-12-20)13-1-5-16(19)6-2-13/h1-9H,10-12H2. The van der Waals surface area contributed by atoms with Crippen molar-refractivity contribution < 1.29 is 12.8 Å². The monoisotopic (exact) mass is 395 g/mol. The molecule has 1 aliphatic heterocycles. The van der Waals surface area contributed by atoms with Crippen LogP contribution in [0.2, 0.25) is 0 Å². The lowest BCUT2D eigenvalue weighted by Gasteiger charge is -2.26. The van der Waals surface area contributed by atoms with Crippen molar-refractivity contribution >= 4 is 31.5 Å². The van der Waals surface area contributed by atoms with Gasteiger partial charge < -0.3 is 0 Å². The lowest BCUT2D eigenvalue weighted by molar-refractivity contribution is 0.441. The Morgan fingerprint density at radius 1 is 1.00 bits per heavy atom. The first-order valence-corrected chi connectivity index (χ1v) is 9.41. The summed E-state index contributed by atoms with van der Waals surface area (Å²) in [6.07, 6.45) is 2.51. The summed E-state index contributed by atoms with van der Waals surface area (Å²) in [6.45, 7) is 0.743. The fourth-order valence-electron chi connectivity index (χ4n) is 2.55. The molecule has 0 aromatic heterocycles. The zero-order chi connectivity index (χ0) is 16.4. The Morgan fingerprint density at radius 2 is 1.65 bits per heavy atom. The number of hydrogen-bond acceptors (Lipinski definition) is 2. The van der Waals surface area contributed by atoms with Crippen molar-refractivity contribution in [1.82, 2.24) is 4.31 Å². The summed E-state index contributed by atoms with van der Waals surface area (Å²) in [5.41, 5.74) is 1.99. The molecule has 0 unspecified atom stereocenters. The smallest absolute Gasteiger partial charge is 0.207 e. The van der Waals surface area contributed by atoms with Gasteiger partial charge in [0, 0.05) is 17.6 Å². The van der Waals surface area contributed by atoms with Crippen LogP contribution in [0.5, 0.6) is 0 Å². The second-order valence-corrected chi connectivity index (χ2v) is 8.16. The van der Waals surface area contributed by atoms with E-state index < -0.39 is 10.0 Å². The van der Waals surface area contributed by atoms with E-state index in [9.17, 15) is 12.8 Å². The number of rotatable bonds is 3. The van der Waals surface area contributed by atoms with Crippen LogP contribution in [0.25, 0.3) is 5.57 Å². The first-order chi connectivity index (χ1) is 11.0. The Balaban J connectivity index is 1.79. The minimum Gasteiger partial charge on any atom is -0.207 e. The van der Waals surface area contributed by atoms with E-state index in [1.165, 1.54) is 16.4 Å². The maximum Gasteiger partial charge on any atom is 0.243 e. The third-order valence-electron chi connectivity index (χ3n) is 3.84. The molecule has 0 bridgehead atoms. The molecule has 3 rings (SSSR count). The zero-order valence-electron chi connectivity index (χ0n) is 12.2. The van der Waals surface area contributed by atoms with E-state index in [1.807, 2.05) is 6.08 Å². The Morgan fingerprint density at radius 3 is 2.22 bits per heavy atom. The molecule has 0 fully saturated rings. The van der Waals surface area contributed by atoms with Crippen molar-refractivity contribution in [2.45, 2.75) is 11.3 Å². The van der Waals surface area contributed by atoms with Crippen molar-refractivity contribution in [3.05, 3.63) is 70.5 Å². The molecule has 0 aliphatic carbocycles. The Hall–Kier alpha value is -1.50. The highest BCUT2D eigenvalue weighted by Crippen LogP contribution is 2.26. The number of hydrogen-bond donors (Lipinski definition) is 0. The van der Waals surface area contributed by atoms with Gasteiger partial charge in [0.1, 0.15) is 5.82 Å². The van der Waals surface area contributed by atoms with Crippen LogP contribution >= 0.6 is 15.9 Å². The van der Waals surface area contributed by atoms with Crippen LogP contribution in [0.4, 0.5) is 4.39 Å². The van der Waals surface area contributed by atoms with Crippen LogP contribution in [-0.4, -0.2) is 25.8 Å². The van der Waals surface area contributed by atoms with Gasteiger partial charge in [0.2, 0.25) is 10.0 Å². The maximum atomic E-state index is 13.0. The normalized spacial score (nSPS) is 16.2. The van der Waals surface area contributed by atoms with Crippen LogP contribution in [0, 0.1) is 5.82 Å². The molecular weight excluding hydrogens is 381 g/mol. The third kappa shape index (κ3) is 3.54. The summed E-state index contributed by atoms with van der Waals surface area (Å²) in [4.78, 5) is 0.291. The largest absolute Gasteiger partial charge is 0.243 e. The predicted octanol–water partition coefficient (Wildman–Crippen LogP) is 4.07. The fraction of sp³-hybridized carbons (Fsp3) is 0.176. The van der Waals surface area contributed by atoms with Crippen molar-refractivity contribution in [1.29, 1.82) is 0 Å². The molecule has 0 amide bonds. The summed E-state index contributed by atoms with van der Waals surface area (Å²) in [7, 11) is -3.48. The minimum atomic E-state index is -3.48. The molecule has 0 saturated carbocycles. The maximum absolute atomic E-state index is 13.0. The number of nitrogens with zero attached hydrogens (tertiary/aromatic N) is 1. The highest BCUT2D eigenvalue weighted by atomic mass is 79.9. The molecule has 3 nitrogen and oxygen atoms in total. The summed E-state index contributed by atoms with van der Waals surface area (Å²) in [5.74, 6) is -0.274. The molecule has 120 valence electrons. The lowest BCUT2D eigenvalue weighted by Crippen LogP contribution is -2.34. The van der Waals surface area contributed by atoms with Gasteiger partial charge in [-0.15, -0.1) is 0 Å². The molecule has 2 aromatic rings. The van der Waals surface area contributed by atoms with E-state index in [0.717, 1.165) is 15.6 Å². The van der Waals surface area contributed by atoms with E-state index in [-0.39, 0.29) is 5.82 Å². The second-order valence-electron chi connectivity index (χ2n) is 5.30. The summed E-state index contributed by atoms with van der Waals surface area (Å²) in [5, 5.41) is 0. The van der Waals surface area contributed by atoms with Gasteiger partial charge in [-0.3, -0.25) is 0 Å². The Kier molecular flexibility index (Phi) is 4.66. The molecule has 2 aromatic carbocycles. The summed E-state index contributed by atoms with van der Waals surface area (Å²) in [6, 6.07) is 12.9. The van der Waals surface area contributed by atoms with Crippen molar-refractivity contribution in [2.24, 2.45) is 0 Å². The Labute approximate surface area is 143 Å². The van der Waals surface area contributed by atoms with Crippen molar-refractivity contribution in [3.8, 4) is 0 Å². The molecule has 1 heterocycles. The van der Waals surface area contributed by atoms with Gasteiger partial charge in [-0.1, -0.05) is 34.1 Å². The average Bonchev–Trinajstić information content (AvgIpc) is 2.56. The first-order valence-electron chi connectivity index (χ1n) is 7.17. The molecule has 6 heteroatoms. The van der Waals surface area contributed by atoms with E-state index in [2.05, 4.69) is 15.9 Å². The van der Waals surface area contributed by atoms with E-state index in [4.69, 9.17) is 0 Å². The van der Waals surface area contributed by atoms with E-state index in [0.29, 0.717) is 24.4 Å². The second kappa shape index (κ2) is 6.55. The van der Waals surface area contributed by atoms with Crippen LogP contribution in [0.15, 0.2) is 64.0 Å². The average molecular weight is 396 g/mol. The molecule has 0 radical (unpaired) electrons. The van der Waals surface area contributed by atoms with Crippen LogP contribution in [0.1, 0.15) is 12.0 Å². The summed E-state index contributed by atoms with van der Waals surface area (Å²) >= 11 is 3.30. The van der Waals surface area contributed by atoms with Gasteiger partial charge in [0.05, 0.1) is 4.90 Å². The van der Waals surface area contributed by atoms with Gasteiger partial charge >= 0.3 is 0 Å². The molecule has 0 spiro atoms. The van der Waals surface area contributed by atoms with Crippen LogP contribution < -0.4 is 0 Å². The quantitative estimate of drug-likeness (QED) is 0.785. The topological polar surface area (TPSA) is 37.4 Å². The third-order valence-corrected chi connectivity index (χ3v) is 6.25. The van der Waals surface area contributed by atoms with Gasteiger partial charge in [-0.05, 0) is 54.0 Å². The van der Waals surface area contributed by atoms with Gasteiger partial charge in [-0.2, -0.15) is 4.31 Å². The first kappa shape index (κ1) is 16.4. The zero-order valence-corrected chi connectivity index (χ0v) is 14.6. The minimum absolute atomic E-state index is 0.274. The molecule has 1 aliphatic rings.